The van der Waals surface area contributed by atoms with Crippen LogP contribution in [-0.2, 0) is 4.74 Å². The summed E-state index contributed by atoms with van der Waals surface area (Å²) in [6, 6.07) is 3.74. The lowest BCUT2D eigenvalue weighted by Crippen LogP contribution is -2.39. The Hall–Kier alpha value is -1.09. The summed E-state index contributed by atoms with van der Waals surface area (Å²) in [7, 11) is 1.76. The minimum atomic E-state index is 0. The van der Waals surface area contributed by atoms with E-state index in [1.807, 2.05) is 19.1 Å². The number of unbranched alkanes of at least 4 members (excludes halogenated alkanes) is 1. The van der Waals surface area contributed by atoms with Crippen LogP contribution in [-0.4, -0.2) is 50.9 Å². The summed E-state index contributed by atoms with van der Waals surface area (Å²) >= 11 is 0. The van der Waals surface area contributed by atoms with Gasteiger partial charge in [-0.2, -0.15) is 0 Å². The van der Waals surface area contributed by atoms with Crippen LogP contribution in [0.3, 0.4) is 0 Å². The second-order valence-corrected chi connectivity index (χ2v) is 4.37. The molecule has 1 heterocycles. The zero-order valence-electron chi connectivity index (χ0n) is 13.4. The van der Waals surface area contributed by atoms with Gasteiger partial charge in [-0.15, -0.1) is 24.0 Å². The van der Waals surface area contributed by atoms with E-state index in [1.54, 1.807) is 19.4 Å². The van der Waals surface area contributed by atoms with Gasteiger partial charge in [0.1, 0.15) is 12.4 Å². The van der Waals surface area contributed by atoms with Crippen molar-refractivity contribution in [2.75, 3.05) is 40.0 Å². The van der Waals surface area contributed by atoms with Crippen LogP contribution in [0.5, 0.6) is 5.75 Å². The topological polar surface area (TPSA) is 67.8 Å². The Labute approximate surface area is 150 Å². The molecule has 1 rings (SSSR count). The number of ether oxygens (including phenoxy) is 2. The second kappa shape index (κ2) is 14.8. The average Bonchev–Trinajstić information content (AvgIpc) is 2.53. The van der Waals surface area contributed by atoms with E-state index in [4.69, 9.17) is 9.47 Å². The third-order valence-corrected chi connectivity index (χ3v) is 2.73. The van der Waals surface area contributed by atoms with E-state index >= 15 is 0 Å². The van der Waals surface area contributed by atoms with Gasteiger partial charge >= 0.3 is 0 Å². The van der Waals surface area contributed by atoms with Crippen molar-refractivity contribution in [3.05, 3.63) is 24.5 Å². The summed E-state index contributed by atoms with van der Waals surface area (Å²) < 4.78 is 10.8. The summed E-state index contributed by atoms with van der Waals surface area (Å²) in [5.74, 6) is 1.57. The van der Waals surface area contributed by atoms with Gasteiger partial charge in [0.2, 0.25) is 0 Å². The highest BCUT2D eigenvalue weighted by Crippen LogP contribution is 2.04. The molecule has 0 atom stereocenters. The van der Waals surface area contributed by atoms with Crippen LogP contribution in [0.1, 0.15) is 19.8 Å². The predicted octanol–water partition coefficient (Wildman–Crippen LogP) is 2.06. The fraction of sp³-hybridized carbons (Fsp3) is 0.600. The summed E-state index contributed by atoms with van der Waals surface area (Å²) in [4.78, 5) is 8.16. The molecule has 0 aliphatic carbocycles. The molecule has 2 N–H and O–H groups in total. The van der Waals surface area contributed by atoms with Gasteiger partial charge in [-0.3, -0.25) is 9.98 Å². The minimum Gasteiger partial charge on any atom is -0.490 e. The number of hydrogen-bond donors (Lipinski definition) is 2. The van der Waals surface area contributed by atoms with E-state index < -0.39 is 0 Å². The molecule has 0 saturated carbocycles. The summed E-state index contributed by atoms with van der Waals surface area (Å²) in [5, 5.41) is 6.46. The zero-order valence-corrected chi connectivity index (χ0v) is 15.7. The molecular formula is C15H27IN4O2. The molecule has 0 bridgehead atoms. The Morgan fingerprint density at radius 3 is 2.73 bits per heavy atom. The molecule has 1 aromatic rings. The summed E-state index contributed by atoms with van der Waals surface area (Å²) in [5.41, 5.74) is 0. The van der Waals surface area contributed by atoms with Crippen molar-refractivity contribution in [3.63, 3.8) is 0 Å². The van der Waals surface area contributed by atoms with E-state index in [9.17, 15) is 0 Å². The van der Waals surface area contributed by atoms with Crippen molar-refractivity contribution in [1.29, 1.82) is 0 Å². The summed E-state index contributed by atoms with van der Waals surface area (Å²) in [6.07, 6.45) is 5.54. The number of nitrogens with one attached hydrogen (secondary N) is 2. The fourth-order valence-electron chi connectivity index (χ4n) is 1.67. The van der Waals surface area contributed by atoms with Crippen LogP contribution in [0.2, 0.25) is 0 Å². The van der Waals surface area contributed by atoms with Crippen LogP contribution in [0.15, 0.2) is 29.5 Å². The lowest BCUT2D eigenvalue weighted by Gasteiger charge is -2.12. The Morgan fingerprint density at radius 2 is 2.05 bits per heavy atom. The van der Waals surface area contributed by atoms with Gasteiger partial charge in [-0.25, -0.2) is 0 Å². The number of halogens is 1. The number of hydrogen-bond acceptors (Lipinski definition) is 4. The second-order valence-electron chi connectivity index (χ2n) is 4.37. The zero-order chi connectivity index (χ0) is 15.2. The number of guanidine groups is 1. The monoisotopic (exact) mass is 422 g/mol. The maximum Gasteiger partial charge on any atom is 0.191 e. The molecule has 0 spiro atoms. The van der Waals surface area contributed by atoms with E-state index in [2.05, 4.69) is 20.6 Å². The van der Waals surface area contributed by atoms with E-state index in [0.29, 0.717) is 13.2 Å². The van der Waals surface area contributed by atoms with Crippen molar-refractivity contribution in [2.24, 2.45) is 4.99 Å². The Morgan fingerprint density at radius 1 is 1.23 bits per heavy atom. The average molecular weight is 422 g/mol. The number of nitrogens with zero attached hydrogens (tertiary/aromatic N) is 2. The van der Waals surface area contributed by atoms with Crippen LogP contribution in [0, 0.1) is 0 Å². The van der Waals surface area contributed by atoms with Crippen LogP contribution < -0.4 is 15.4 Å². The Balaban J connectivity index is 0.00000441. The first-order chi connectivity index (χ1) is 10.4. The summed E-state index contributed by atoms with van der Waals surface area (Å²) in [6.45, 7) is 5.76. The number of aromatic nitrogens is 1. The fourth-order valence-corrected chi connectivity index (χ4v) is 1.67. The predicted molar refractivity (Wildman–Crippen MR) is 100 cm³/mol. The smallest absolute Gasteiger partial charge is 0.191 e. The van der Waals surface area contributed by atoms with Gasteiger partial charge in [0, 0.05) is 33.0 Å². The molecule has 1 aromatic heterocycles. The number of aliphatic imine (C=N–C) groups is 1. The first-order valence-corrected chi connectivity index (χ1v) is 7.42. The van der Waals surface area contributed by atoms with Crippen LogP contribution in [0.25, 0.3) is 0 Å². The molecule has 0 aliphatic rings. The van der Waals surface area contributed by atoms with Gasteiger partial charge in [-0.05, 0) is 31.9 Å². The standard InChI is InChI=1S/C15H26N4O2.HI/c1-3-20-11-5-4-9-18-15(16-2)19-10-12-21-14-7-6-8-17-13-14;/h6-8,13H,3-5,9-12H2,1-2H3,(H2,16,18,19);1H. The van der Waals surface area contributed by atoms with Gasteiger partial charge in [-0.1, -0.05) is 0 Å². The molecule has 22 heavy (non-hydrogen) atoms. The van der Waals surface area contributed by atoms with Crippen molar-refractivity contribution in [2.45, 2.75) is 19.8 Å². The van der Waals surface area contributed by atoms with Crippen LogP contribution in [0.4, 0.5) is 0 Å². The van der Waals surface area contributed by atoms with Crippen molar-refractivity contribution in [3.8, 4) is 5.75 Å². The lowest BCUT2D eigenvalue weighted by molar-refractivity contribution is 0.143. The van der Waals surface area contributed by atoms with Gasteiger partial charge < -0.3 is 20.1 Å². The molecule has 0 saturated heterocycles. The molecule has 0 fully saturated rings. The quantitative estimate of drug-likeness (QED) is 0.262. The Bertz CT molecular complexity index is 390. The normalized spacial score (nSPS) is 10.7. The third kappa shape index (κ3) is 10.6. The molecule has 0 aromatic carbocycles. The highest BCUT2D eigenvalue weighted by molar-refractivity contribution is 14.0. The number of pyridine rings is 1. The van der Waals surface area contributed by atoms with Crippen molar-refractivity contribution < 1.29 is 9.47 Å². The molecule has 126 valence electrons. The highest BCUT2D eigenvalue weighted by Gasteiger charge is 1.97. The van der Waals surface area contributed by atoms with Gasteiger partial charge in [0.05, 0.1) is 12.7 Å². The van der Waals surface area contributed by atoms with E-state index in [0.717, 1.165) is 44.3 Å². The molecule has 0 aliphatic heterocycles. The largest absolute Gasteiger partial charge is 0.490 e. The Kier molecular flexibility index (Phi) is 14.1. The first kappa shape index (κ1) is 20.9. The molecule has 6 nitrogen and oxygen atoms in total. The van der Waals surface area contributed by atoms with Crippen LogP contribution >= 0.6 is 24.0 Å². The number of rotatable bonds is 10. The molecular weight excluding hydrogens is 395 g/mol. The lowest BCUT2D eigenvalue weighted by atomic mass is 10.3. The SMILES string of the molecule is CCOCCCCNC(=NC)NCCOc1cccnc1.I. The first-order valence-electron chi connectivity index (χ1n) is 7.42. The highest BCUT2D eigenvalue weighted by atomic mass is 127. The molecule has 0 radical (unpaired) electrons. The third-order valence-electron chi connectivity index (χ3n) is 2.73. The molecule has 7 heteroatoms. The van der Waals surface area contributed by atoms with Gasteiger partial charge in [0.25, 0.3) is 0 Å². The van der Waals surface area contributed by atoms with E-state index in [-0.39, 0.29) is 24.0 Å². The van der Waals surface area contributed by atoms with Crippen molar-refractivity contribution >= 4 is 29.9 Å². The molecule has 0 unspecified atom stereocenters. The van der Waals surface area contributed by atoms with Crippen molar-refractivity contribution in [1.82, 2.24) is 15.6 Å². The van der Waals surface area contributed by atoms with Gasteiger partial charge in [0.15, 0.2) is 5.96 Å². The molecule has 0 amide bonds. The maximum atomic E-state index is 5.55. The maximum absolute atomic E-state index is 5.55. The minimum absolute atomic E-state index is 0. The van der Waals surface area contributed by atoms with E-state index in [1.165, 1.54) is 0 Å².